The van der Waals surface area contributed by atoms with Crippen molar-refractivity contribution in [3.63, 3.8) is 0 Å². The second-order valence-corrected chi connectivity index (χ2v) is 7.20. The Hall–Kier alpha value is -3.04. The van der Waals surface area contributed by atoms with Gasteiger partial charge in [-0.05, 0) is 47.4 Å². The van der Waals surface area contributed by atoms with Gasteiger partial charge in [0.25, 0.3) is 0 Å². The Morgan fingerprint density at radius 1 is 1.22 bits per heavy atom. The maximum atomic E-state index is 12.5. The topological polar surface area (TPSA) is 80.5 Å². The van der Waals surface area contributed by atoms with Crippen molar-refractivity contribution < 1.29 is 4.79 Å². The first-order valence-electron chi connectivity index (χ1n) is 8.24. The minimum Gasteiger partial charge on any atom is -0.325 e. The van der Waals surface area contributed by atoms with E-state index in [2.05, 4.69) is 20.6 Å². The summed E-state index contributed by atoms with van der Waals surface area (Å²) in [6, 6.07) is 13.5. The third kappa shape index (κ3) is 4.04. The molecule has 9 heteroatoms. The Balaban J connectivity index is 1.43. The minimum atomic E-state index is -0.162. The first-order valence-corrected chi connectivity index (χ1v) is 9.53. The first-order chi connectivity index (χ1) is 13.2. The van der Waals surface area contributed by atoms with Crippen LogP contribution in [0.5, 0.6) is 0 Å². The van der Waals surface area contributed by atoms with Crippen LogP contribution in [-0.4, -0.2) is 30.5 Å². The average molecular weight is 397 g/mol. The number of carbonyl (C=O) groups is 1. The average Bonchev–Trinajstić information content (AvgIpc) is 3.41. The predicted octanol–water partition coefficient (Wildman–Crippen LogP) is 3.55. The molecule has 0 radical (unpaired) electrons. The molecule has 0 aliphatic carbocycles. The number of amides is 1. The summed E-state index contributed by atoms with van der Waals surface area (Å²) in [7, 11) is 0. The van der Waals surface area contributed by atoms with Gasteiger partial charge in [-0.15, -0.1) is 11.3 Å². The number of hydrogen-bond acceptors (Lipinski definition) is 5. The number of nitrogens with one attached hydrogen (secondary N) is 2. The van der Waals surface area contributed by atoms with Gasteiger partial charge in [-0.1, -0.05) is 18.2 Å². The van der Waals surface area contributed by atoms with Gasteiger partial charge < -0.3 is 5.32 Å². The van der Waals surface area contributed by atoms with Crippen molar-refractivity contribution >= 4 is 35.1 Å². The molecule has 0 atom stereocenters. The second kappa shape index (κ2) is 7.68. The zero-order valence-electron chi connectivity index (χ0n) is 14.2. The number of benzene rings is 1. The quantitative estimate of drug-likeness (QED) is 0.489. The molecule has 0 fully saturated rings. The summed E-state index contributed by atoms with van der Waals surface area (Å²) in [4.78, 5) is 13.4. The maximum absolute atomic E-state index is 12.5. The highest BCUT2D eigenvalue weighted by molar-refractivity contribution is 7.71. The van der Waals surface area contributed by atoms with E-state index in [-0.39, 0.29) is 12.5 Å². The molecule has 3 aromatic heterocycles. The van der Waals surface area contributed by atoms with Gasteiger partial charge in [-0.25, -0.2) is 0 Å². The second-order valence-electron chi connectivity index (χ2n) is 5.86. The van der Waals surface area contributed by atoms with Crippen LogP contribution in [0, 0.1) is 4.77 Å². The molecule has 4 aromatic rings. The highest BCUT2D eigenvalue weighted by atomic mass is 32.1. The van der Waals surface area contributed by atoms with E-state index in [9.17, 15) is 4.79 Å². The first kappa shape index (κ1) is 17.4. The fourth-order valence-corrected chi connectivity index (χ4v) is 3.60. The molecule has 0 aliphatic heterocycles. The fraction of sp³-hybridized carbons (Fsp3) is 0.111. The summed E-state index contributed by atoms with van der Waals surface area (Å²) < 4.78 is 3.96. The lowest BCUT2D eigenvalue weighted by atomic mass is 10.2. The van der Waals surface area contributed by atoms with Gasteiger partial charge in [0.2, 0.25) is 5.91 Å². The number of hydrogen-bond donors (Lipinski definition) is 2. The van der Waals surface area contributed by atoms with E-state index in [1.54, 1.807) is 22.1 Å². The van der Waals surface area contributed by atoms with Gasteiger partial charge in [0.1, 0.15) is 6.54 Å². The van der Waals surface area contributed by atoms with Gasteiger partial charge in [0.15, 0.2) is 10.6 Å². The maximum Gasteiger partial charge on any atom is 0.244 e. The van der Waals surface area contributed by atoms with E-state index in [1.165, 1.54) is 0 Å². The van der Waals surface area contributed by atoms with Gasteiger partial charge in [0, 0.05) is 18.1 Å². The normalized spacial score (nSPS) is 10.8. The number of H-pyrrole nitrogens is 1. The lowest BCUT2D eigenvalue weighted by molar-refractivity contribution is -0.116. The van der Waals surface area contributed by atoms with Crippen molar-refractivity contribution in [2.75, 3.05) is 5.32 Å². The summed E-state index contributed by atoms with van der Waals surface area (Å²) in [5, 5.41) is 16.0. The lowest BCUT2D eigenvalue weighted by Gasteiger charge is -2.08. The van der Waals surface area contributed by atoms with Crippen LogP contribution < -0.4 is 5.32 Å². The zero-order valence-corrected chi connectivity index (χ0v) is 15.8. The van der Waals surface area contributed by atoms with Gasteiger partial charge >= 0.3 is 0 Å². The molecule has 0 bridgehead atoms. The van der Waals surface area contributed by atoms with Crippen LogP contribution in [0.2, 0.25) is 0 Å². The molecule has 27 heavy (non-hydrogen) atoms. The molecule has 1 aromatic carbocycles. The van der Waals surface area contributed by atoms with E-state index in [4.69, 9.17) is 12.2 Å². The van der Waals surface area contributed by atoms with Crippen molar-refractivity contribution in [3.8, 4) is 10.7 Å². The van der Waals surface area contributed by atoms with E-state index in [1.807, 2.05) is 58.7 Å². The summed E-state index contributed by atoms with van der Waals surface area (Å²) in [5.41, 5.74) is 1.84. The molecule has 0 aliphatic rings. The van der Waals surface area contributed by atoms with E-state index in [0.717, 1.165) is 16.1 Å². The Morgan fingerprint density at radius 3 is 2.78 bits per heavy atom. The van der Waals surface area contributed by atoms with Crippen molar-refractivity contribution in [3.05, 3.63) is 70.6 Å². The monoisotopic (exact) mass is 396 g/mol. The lowest BCUT2D eigenvalue weighted by Crippen LogP contribution is -2.19. The molecule has 3 heterocycles. The van der Waals surface area contributed by atoms with Crippen molar-refractivity contribution in [1.82, 2.24) is 24.5 Å². The number of anilines is 1. The number of nitrogens with zero attached hydrogens (tertiary/aromatic N) is 4. The van der Waals surface area contributed by atoms with Crippen LogP contribution in [0.15, 0.2) is 60.2 Å². The molecule has 4 rings (SSSR count). The molecule has 2 N–H and O–H groups in total. The molecule has 136 valence electrons. The van der Waals surface area contributed by atoms with Crippen LogP contribution in [0.1, 0.15) is 5.56 Å². The number of thiophene rings is 1. The van der Waals surface area contributed by atoms with Crippen LogP contribution in [-0.2, 0) is 17.9 Å². The number of carbonyl (C=O) groups excluding carboxylic acids is 1. The third-order valence-corrected chi connectivity index (χ3v) is 5.12. The van der Waals surface area contributed by atoms with Crippen LogP contribution in [0.4, 0.5) is 5.69 Å². The molecular formula is C18H16N6OS2. The molecule has 0 saturated carbocycles. The summed E-state index contributed by atoms with van der Waals surface area (Å²) in [6.45, 7) is 0.785. The van der Waals surface area contributed by atoms with Gasteiger partial charge in [-0.3, -0.25) is 19.1 Å². The Bertz CT molecular complexity index is 1080. The molecule has 0 unspecified atom stereocenters. The standard InChI is InChI=1S/C18H16N6OS2/c25-16(12-24-17(21-22-18(24)26)15-3-1-10-27-15)20-14-6-4-13(5-7-14)11-23-9-2-8-19-23/h1-10H,11-12H2,(H,20,25)(H,22,26). The van der Waals surface area contributed by atoms with Crippen LogP contribution in [0.3, 0.4) is 0 Å². The van der Waals surface area contributed by atoms with Gasteiger partial charge in [0.05, 0.1) is 11.4 Å². The highest BCUT2D eigenvalue weighted by Gasteiger charge is 2.13. The fourth-order valence-electron chi connectivity index (χ4n) is 2.68. The van der Waals surface area contributed by atoms with Crippen molar-refractivity contribution in [2.24, 2.45) is 0 Å². The van der Waals surface area contributed by atoms with E-state index < -0.39 is 0 Å². The summed E-state index contributed by atoms with van der Waals surface area (Å²) in [5.74, 6) is 0.504. The SMILES string of the molecule is O=C(Cn1c(-c2cccs2)n[nH]c1=S)Nc1ccc(Cn2cccn2)cc1. The van der Waals surface area contributed by atoms with Gasteiger partial charge in [-0.2, -0.15) is 10.2 Å². The molecule has 7 nitrogen and oxygen atoms in total. The van der Waals surface area contributed by atoms with Crippen LogP contribution >= 0.6 is 23.6 Å². The Morgan fingerprint density at radius 2 is 2.07 bits per heavy atom. The van der Waals surface area contributed by atoms with Crippen molar-refractivity contribution in [1.29, 1.82) is 0 Å². The minimum absolute atomic E-state index is 0.0948. The smallest absolute Gasteiger partial charge is 0.244 e. The Kier molecular flexibility index (Phi) is 4.95. The summed E-state index contributed by atoms with van der Waals surface area (Å²) in [6.07, 6.45) is 3.66. The molecule has 0 spiro atoms. The number of rotatable bonds is 6. The summed E-state index contributed by atoms with van der Waals surface area (Å²) >= 11 is 6.81. The number of aromatic amines is 1. The third-order valence-electron chi connectivity index (χ3n) is 3.94. The molecule has 1 amide bonds. The van der Waals surface area contributed by atoms with Crippen LogP contribution in [0.25, 0.3) is 10.7 Å². The van der Waals surface area contributed by atoms with E-state index >= 15 is 0 Å². The largest absolute Gasteiger partial charge is 0.325 e. The molecule has 0 saturated heterocycles. The van der Waals surface area contributed by atoms with E-state index in [0.29, 0.717) is 17.1 Å². The number of aromatic nitrogens is 5. The molecular weight excluding hydrogens is 380 g/mol. The van der Waals surface area contributed by atoms with Crippen molar-refractivity contribution in [2.45, 2.75) is 13.1 Å². The zero-order chi connectivity index (χ0) is 18.6. The predicted molar refractivity (Wildman–Crippen MR) is 107 cm³/mol. The highest BCUT2D eigenvalue weighted by Crippen LogP contribution is 2.22. The Labute approximate surface area is 164 Å².